The third-order valence-electron chi connectivity index (χ3n) is 4.79. The summed E-state index contributed by atoms with van der Waals surface area (Å²) in [4.78, 5) is 2.34. The van der Waals surface area contributed by atoms with E-state index < -0.39 is 11.7 Å². The van der Waals surface area contributed by atoms with E-state index >= 15 is 0 Å². The molecule has 0 spiro atoms. The van der Waals surface area contributed by atoms with Crippen molar-refractivity contribution >= 4 is 23.0 Å². The molecule has 1 aliphatic rings. The van der Waals surface area contributed by atoms with E-state index in [4.69, 9.17) is 0 Å². The van der Waals surface area contributed by atoms with Gasteiger partial charge in [0.15, 0.2) is 10.8 Å². The zero-order valence-electron chi connectivity index (χ0n) is 15.1. The second kappa shape index (κ2) is 7.97. The van der Waals surface area contributed by atoms with Gasteiger partial charge in [0, 0.05) is 31.6 Å². The first kappa shape index (κ1) is 19.0. The second-order valence-corrected chi connectivity index (χ2v) is 7.65. The smallest absolute Gasteiger partial charge is 0.299 e. The third kappa shape index (κ3) is 4.07. The van der Waals surface area contributed by atoms with Gasteiger partial charge in [0.25, 0.3) is 0 Å². The molecule has 0 amide bonds. The number of thioether (sulfide) groups is 1. The molecule has 8 heteroatoms. The van der Waals surface area contributed by atoms with Crippen LogP contribution in [0.4, 0.5) is 13.2 Å². The normalized spacial score (nSPS) is 15.8. The van der Waals surface area contributed by atoms with Crippen LogP contribution in [-0.2, 0) is 6.18 Å². The molecule has 28 heavy (non-hydrogen) atoms. The molecule has 1 aliphatic heterocycles. The average molecular weight is 404 g/mol. The monoisotopic (exact) mass is 404 g/mol. The van der Waals surface area contributed by atoms with Crippen LogP contribution in [0.5, 0.6) is 0 Å². The molecule has 0 atom stereocenters. The maximum Gasteiger partial charge on any atom is 0.420 e. The highest BCUT2D eigenvalue weighted by Crippen LogP contribution is 2.32. The minimum Gasteiger partial charge on any atom is -0.299 e. The number of nitrogens with zero attached hydrogens (tertiary/aromatic N) is 4. The van der Waals surface area contributed by atoms with E-state index in [1.165, 1.54) is 33.4 Å². The maximum atomic E-state index is 13.1. The first-order valence-corrected chi connectivity index (χ1v) is 10.0. The van der Waals surface area contributed by atoms with E-state index in [1.54, 1.807) is 6.20 Å². The number of hydrogen-bond acceptors (Lipinski definition) is 4. The van der Waals surface area contributed by atoms with Crippen LogP contribution in [0.25, 0.3) is 11.2 Å². The van der Waals surface area contributed by atoms with E-state index in [2.05, 4.69) is 33.3 Å². The SMILES string of the molecule is FC(F)(F)c1cccn2c(SCCN3CC=C(c4ccccc4)CC3)nnc12. The summed E-state index contributed by atoms with van der Waals surface area (Å²) in [5.74, 6) is 0.742. The van der Waals surface area contributed by atoms with Crippen molar-refractivity contribution in [2.24, 2.45) is 0 Å². The molecule has 0 saturated carbocycles. The van der Waals surface area contributed by atoms with Crippen molar-refractivity contribution in [3.05, 3.63) is 65.9 Å². The third-order valence-corrected chi connectivity index (χ3v) is 5.71. The van der Waals surface area contributed by atoms with Crippen LogP contribution in [0.1, 0.15) is 17.5 Å². The summed E-state index contributed by atoms with van der Waals surface area (Å²) in [6, 6.07) is 12.8. The van der Waals surface area contributed by atoms with Crippen molar-refractivity contribution in [3.63, 3.8) is 0 Å². The Kier molecular flexibility index (Phi) is 5.41. The first-order valence-electron chi connectivity index (χ1n) is 9.03. The predicted molar refractivity (Wildman–Crippen MR) is 104 cm³/mol. The Labute approximate surface area is 165 Å². The lowest BCUT2D eigenvalue weighted by atomic mass is 10.00. The summed E-state index contributed by atoms with van der Waals surface area (Å²) in [6.45, 7) is 2.70. The summed E-state index contributed by atoms with van der Waals surface area (Å²) in [6.07, 6.45) is 0.389. The molecular formula is C20H19F3N4S. The lowest BCUT2D eigenvalue weighted by Gasteiger charge is -2.26. The van der Waals surface area contributed by atoms with Gasteiger partial charge in [0.05, 0.1) is 0 Å². The largest absolute Gasteiger partial charge is 0.420 e. The van der Waals surface area contributed by atoms with Crippen LogP contribution in [0.15, 0.2) is 59.9 Å². The zero-order valence-corrected chi connectivity index (χ0v) is 15.9. The molecular weight excluding hydrogens is 385 g/mol. The molecule has 0 unspecified atom stereocenters. The maximum absolute atomic E-state index is 13.1. The average Bonchev–Trinajstić information content (AvgIpc) is 3.12. The summed E-state index contributed by atoms with van der Waals surface area (Å²) in [5, 5.41) is 8.18. The Morgan fingerprint density at radius 3 is 2.57 bits per heavy atom. The van der Waals surface area contributed by atoms with Gasteiger partial charge in [-0.2, -0.15) is 13.2 Å². The molecule has 4 nitrogen and oxygen atoms in total. The van der Waals surface area contributed by atoms with E-state index in [0.717, 1.165) is 37.9 Å². The van der Waals surface area contributed by atoms with Gasteiger partial charge in [0.1, 0.15) is 5.56 Å². The topological polar surface area (TPSA) is 33.4 Å². The first-order chi connectivity index (χ1) is 13.5. The number of alkyl halides is 3. The van der Waals surface area contributed by atoms with E-state index in [-0.39, 0.29) is 5.65 Å². The minimum atomic E-state index is -4.44. The Morgan fingerprint density at radius 1 is 1.04 bits per heavy atom. The van der Waals surface area contributed by atoms with Gasteiger partial charge in [-0.15, -0.1) is 10.2 Å². The van der Waals surface area contributed by atoms with E-state index in [9.17, 15) is 13.2 Å². The molecule has 146 valence electrons. The summed E-state index contributed by atoms with van der Waals surface area (Å²) < 4.78 is 40.6. The Hall–Kier alpha value is -2.32. The predicted octanol–water partition coefficient (Wildman–Crippen LogP) is 4.63. The number of rotatable bonds is 5. The number of hydrogen-bond donors (Lipinski definition) is 0. The van der Waals surface area contributed by atoms with Gasteiger partial charge in [-0.3, -0.25) is 9.30 Å². The fourth-order valence-electron chi connectivity index (χ4n) is 3.31. The van der Waals surface area contributed by atoms with Crippen LogP contribution in [0.3, 0.4) is 0 Å². The van der Waals surface area contributed by atoms with Crippen molar-refractivity contribution < 1.29 is 13.2 Å². The molecule has 0 radical (unpaired) electrons. The molecule has 0 N–H and O–H groups in total. The number of halogens is 3. The van der Waals surface area contributed by atoms with Crippen molar-refractivity contribution in [1.29, 1.82) is 0 Å². The van der Waals surface area contributed by atoms with Crippen LogP contribution >= 0.6 is 11.8 Å². The van der Waals surface area contributed by atoms with Gasteiger partial charge >= 0.3 is 6.18 Å². The lowest BCUT2D eigenvalue weighted by Crippen LogP contribution is -2.30. The Balaban J connectivity index is 1.36. The van der Waals surface area contributed by atoms with Gasteiger partial charge in [-0.25, -0.2) is 0 Å². The second-order valence-electron chi connectivity index (χ2n) is 6.59. The highest BCUT2D eigenvalue weighted by atomic mass is 32.2. The van der Waals surface area contributed by atoms with E-state index in [1.807, 2.05) is 18.2 Å². The van der Waals surface area contributed by atoms with Gasteiger partial charge in [-0.1, -0.05) is 48.2 Å². The standard InChI is InChI=1S/C20H19F3N4S/c21-20(22,23)17-7-4-10-27-18(17)24-25-19(27)28-14-13-26-11-8-16(9-12-26)15-5-2-1-3-6-15/h1-8,10H,9,11-14H2. The number of pyridine rings is 1. The van der Waals surface area contributed by atoms with Crippen LogP contribution < -0.4 is 0 Å². The highest BCUT2D eigenvalue weighted by molar-refractivity contribution is 7.99. The molecule has 0 bridgehead atoms. The molecule has 4 rings (SSSR count). The molecule has 3 heterocycles. The molecule has 2 aromatic heterocycles. The summed E-state index contributed by atoms with van der Waals surface area (Å²) in [7, 11) is 0. The van der Waals surface area contributed by atoms with Crippen LogP contribution in [0.2, 0.25) is 0 Å². The van der Waals surface area contributed by atoms with Crippen LogP contribution in [-0.4, -0.2) is 44.9 Å². The molecule has 0 saturated heterocycles. The quantitative estimate of drug-likeness (QED) is 0.581. The number of benzene rings is 1. The van der Waals surface area contributed by atoms with Gasteiger partial charge < -0.3 is 0 Å². The fourth-order valence-corrected chi connectivity index (χ4v) is 4.23. The van der Waals surface area contributed by atoms with Gasteiger partial charge in [-0.05, 0) is 29.7 Å². The van der Waals surface area contributed by atoms with Gasteiger partial charge in [0.2, 0.25) is 0 Å². The number of aromatic nitrogens is 3. The molecule has 1 aromatic carbocycles. The highest BCUT2D eigenvalue weighted by Gasteiger charge is 2.34. The molecule has 0 fully saturated rings. The minimum absolute atomic E-state index is 0.147. The van der Waals surface area contributed by atoms with Crippen molar-refractivity contribution in [2.45, 2.75) is 17.8 Å². The Morgan fingerprint density at radius 2 is 1.86 bits per heavy atom. The van der Waals surface area contributed by atoms with E-state index in [0.29, 0.717) is 5.16 Å². The molecule has 3 aromatic rings. The molecule has 0 aliphatic carbocycles. The number of fused-ring (bicyclic) bond motifs is 1. The van der Waals surface area contributed by atoms with Crippen molar-refractivity contribution in [2.75, 3.05) is 25.4 Å². The Bertz CT molecular complexity index is 982. The van der Waals surface area contributed by atoms with Crippen LogP contribution in [0, 0.1) is 0 Å². The lowest BCUT2D eigenvalue weighted by molar-refractivity contribution is -0.136. The zero-order chi connectivity index (χ0) is 19.6. The summed E-state index contributed by atoms with van der Waals surface area (Å²) in [5.41, 5.74) is 1.73. The summed E-state index contributed by atoms with van der Waals surface area (Å²) >= 11 is 1.43. The van der Waals surface area contributed by atoms with Crippen molar-refractivity contribution in [3.8, 4) is 0 Å². The van der Waals surface area contributed by atoms with Crippen molar-refractivity contribution in [1.82, 2.24) is 19.5 Å². The fraction of sp³-hybridized carbons (Fsp3) is 0.300.